The fourth-order valence-electron chi connectivity index (χ4n) is 1.93. The van der Waals surface area contributed by atoms with Crippen molar-refractivity contribution in [3.05, 3.63) is 24.3 Å². The summed E-state index contributed by atoms with van der Waals surface area (Å²) in [5, 5.41) is 17.1. The van der Waals surface area contributed by atoms with Gasteiger partial charge in [-0.25, -0.2) is 18.4 Å². The van der Waals surface area contributed by atoms with E-state index in [0.717, 1.165) is 6.42 Å². The first kappa shape index (κ1) is 12.8. The lowest BCUT2D eigenvalue weighted by Crippen LogP contribution is -2.52. The van der Waals surface area contributed by atoms with Crippen molar-refractivity contribution in [2.75, 3.05) is 5.32 Å². The standard InChI is InChI=1S/C11H14N2O4S/c12-18(16,17)9-4-2-8(3-5-9)13-11(10(14)15)6-1-7-11/h2-5,13H,1,6-7H2,(H,14,15)(H2,12,16,17). The Labute approximate surface area is 105 Å². The Balaban J connectivity index is 2.19. The zero-order valence-corrected chi connectivity index (χ0v) is 10.4. The monoisotopic (exact) mass is 270 g/mol. The van der Waals surface area contributed by atoms with Gasteiger partial charge >= 0.3 is 5.97 Å². The Morgan fingerprint density at radius 2 is 1.83 bits per heavy atom. The van der Waals surface area contributed by atoms with Gasteiger partial charge < -0.3 is 10.4 Å². The zero-order chi connectivity index (χ0) is 13.4. The highest BCUT2D eigenvalue weighted by Gasteiger charge is 2.44. The minimum atomic E-state index is -3.72. The second-order valence-electron chi connectivity index (χ2n) is 4.44. The number of nitrogens with two attached hydrogens (primary N) is 1. The van der Waals surface area contributed by atoms with Crippen LogP contribution >= 0.6 is 0 Å². The SMILES string of the molecule is NS(=O)(=O)c1ccc(NC2(C(=O)O)CCC2)cc1. The molecule has 0 radical (unpaired) electrons. The molecule has 0 bridgehead atoms. The summed E-state index contributed by atoms with van der Waals surface area (Å²) in [7, 11) is -3.72. The number of primary sulfonamides is 1. The van der Waals surface area contributed by atoms with Crippen LogP contribution in [0.3, 0.4) is 0 Å². The molecule has 1 aliphatic rings. The molecular formula is C11H14N2O4S. The molecule has 0 atom stereocenters. The van der Waals surface area contributed by atoms with Crippen LogP contribution in [0.15, 0.2) is 29.2 Å². The van der Waals surface area contributed by atoms with E-state index >= 15 is 0 Å². The summed E-state index contributed by atoms with van der Waals surface area (Å²) in [5.41, 5.74) is -0.340. The van der Waals surface area contributed by atoms with Crippen LogP contribution in [0, 0.1) is 0 Å². The molecule has 6 nitrogen and oxygen atoms in total. The Kier molecular flexibility index (Phi) is 3.04. The van der Waals surface area contributed by atoms with E-state index in [2.05, 4.69) is 5.32 Å². The van der Waals surface area contributed by atoms with Crippen molar-refractivity contribution in [1.82, 2.24) is 0 Å². The molecule has 0 heterocycles. The van der Waals surface area contributed by atoms with Gasteiger partial charge in [-0.2, -0.15) is 0 Å². The van der Waals surface area contributed by atoms with Crippen LogP contribution in [-0.4, -0.2) is 25.0 Å². The highest BCUT2D eigenvalue weighted by Crippen LogP contribution is 2.35. The van der Waals surface area contributed by atoms with Crippen LogP contribution in [-0.2, 0) is 14.8 Å². The van der Waals surface area contributed by atoms with Crippen molar-refractivity contribution in [2.45, 2.75) is 29.7 Å². The fraction of sp³-hybridized carbons (Fsp3) is 0.364. The summed E-state index contributed by atoms with van der Waals surface area (Å²) in [5.74, 6) is -0.885. The van der Waals surface area contributed by atoms with E-state index in [0.29, 0.717) is 18.5 Å². The molecule has 4 N–H and O–H groups in total. The number of rotatable bonds is 4. The Hall–Kier alpha value is -1.60. The molecule has 18 heavy (non-hydrogen) atoms. The average Bonchev–Trinajstić information content (AvgIpc) is 2.22. The largest absolute Gasteiger partial charge is 0.480 e. The van der Waals surface area contributed by atoms with Gasteiger partial charge in [-0.05, 0) is 43.5 Å². The molecule has 1 fully saturated rings. The van der Waals surface area contributed by atoms with Gasteiger partial charge in [-0.15, -0.1) is 0 Å². The van der Waals surface area contributed by atoms with Crippen molar-refractivity contribution in [3.8, 4) is 0 Å². The van der Waals surface area contributed by atoms with Crippen LogP contribution < -0.4 is 10.5 Å². The number of anilines is 1. The molecule has 0 aliphatic heterocycles. The quantitative estimate of drug-likeness (QED) is 0.748. The van der Waals surface area contributed by atoms with Gasteiger partial charge in [0.25, 0.3) is 0 Å². The number of hydrogen-bond acceptors (Lipinski definition) is 4. The third-order valence-corrected chi connectivity index (χ3v) is 4.11. The zero-order valence-electron chi connectivity index (χ0n) is 9.59. The van der Waals surface area contributed by atoms with Gasteiger partial charge in [0, 0.05) is 5.69 Å². The summed E-state index contributed by atoms with van der Waals surface area (Å²) >= 11 is 0. The topological polar surface area (TPSA) is 109 Å². The molecule has 1 aliphatic carbocycles. The molecule has 1 aromatic rings. The van der Waals surface area contributed by atoms with Crippen LogP contribution in [0.5, 0.6) is 0 Å². The molecule has 0 saturated heterocycles. The summed E-state index contributed by atoms with van der Waals surface area (Å²) in [6, 6.07) is 5.74. The van der Waals surface area contributed by atoms with Gasteiger partial charge in [-0.3, -0.25) is 0 Å². The Morgan fingerprint density at radius 1 is 1.28 bits per heavy atom. The molecule has 0 unspecified atom stereocenters. The maximum atomic E-state index is 11.2. The normalized spacial score (nSPS) is 17.8. The number of nitrogens with one attached hydrogen (secondary N) is 1. The second-order valence-corrected chi connectivity index (χ2v) is 6.00. The molecule has 1 aromatic carbocycles. The van der Waals surface area contributed by atoms with E-state index in [1.165, 1.54) is 24.3 Å². The van der Waals surface area contributed by atoms with Gasteiger partial charge in [0.15, 0.2) is 0 Å². The van der Waals surface area contributed by atoms with Crippen LogP contribution in [0.25, 0.3) is 0 Å². The van der Waals surface area contributed by atoms with Gasteiger partial charge in [-0.1, -0.05) is 0 Å². The lowest BCUT2D eigenvalue weighted by molar-refractivity contribution is -0.145. The van der Waals surface area contributed by atoms with E-state index in [9.17, 15) is 13.2 Å². The Bertz CT molecular complexity index is 561. The minimum absolute atomic E-state index is 0.00559. The summed E-state index contributed by atoms with van der Waals surface area (Å²) in [6.45, 7) is 0. The first-order chi connectivity index (χ1) is 8.33. The van der Waals surface area contributed by atoms with Crippen molar-refractivity contribution in [3.63, 3.8) is 0 Å². The number of aliphatic carboxylic acids is 1. The minimum Gasteiger partial charge on any atom is -0.480 e. The lowest BCUT2D eigenvalue weighted by Gasteiger charge is -2.39. The summed E-state index contributed by atoms with van der Waals surface area (Å²) in [4.78, 5) is 11.2. The predicted molar refractivity (Wildman–Crippen MR) is 65.7 cm³/mol. The number of carboxylic acids is 1. The van der Waals surface area contributed by atoms with Gasteiger partial charge in [0.05, 0.1) is 4.90 Å². The highest BCUT2D eigenvalue weighted by molar-refractivity contribution is 7.89. The van der Waals surface area contributed by atoms with E-state index in [4.69, 9.17) is 10.2 Å². The Morgan fingerprint density at radius 3 is 2.17 bits per heavy atom. The van der Waals surface area contributed by atoms with E-state index in [-0.39, 0.29) is 4.90 Å². The molecule has 0 aromatic heterocycles. The summed E-state index contributed by atoms with van der Waals surface area (Å²) < 4.78 is 22.1. The van der Waals surface area contributed by atoms with Crippen molar-refractivity contribution < 1.29 is 18.3 Å². The van der Waals surface area contributed by atoms with E-state index in [1.807, 2.05) is 0 Å². The predicted octanol–water partition coefficient (Wildman–Crippen LogP) is 0.753. The lowest BCUT2D eigenvalue weighted by atomic mass is 9.76. The van der Waals surface area contributed by atoms with Crippen molar-refractivity contribution in [1.29, 1.82) is 0 Å². The average molecular weight is 270 g/mol. The molecule has 7 heteroatoms. The van der Waals surface area contributed by atoms with Gasteiger partial charge in [0.1, 0.15) is 5.54 Å². The molecule has 0 amide bonds. The van der Waals surface area contributed by atoms with Crippen molar-refractivity contribution in [2.24, 2.45) is 5.14 Å². The van der Waals surface area contributed by atoms with E-state index in [1.54, 1.807) is 0 Å². The number of sulfonamides is 1. The third-order valence-electron chi connectivity index (χ3n) is 3.18. The number of hydrogen-bond donors (Lipinski definition) is 3. The molecule has 98 valence electrons. The second kappa shape index (κ2) is 4.25. The van der Waals surface area contributed by atoms with Crippen LogP contribution in [0.2, 0.25) is 0 Å². The fourth-order valence-corrected chi connectivity index (χ4v) is 2.44. The van der Waals surface area contributed by atoms with Gasteiger partial charge in [0.2, 0.25) is 10.0 Å². The van der Waals surface area contributed by atoms with Crippen molar-refractivity contribution >= 4 is 21.7 Å². The maximum absolute atomic E-state index is 11.2. The van der Waals surface area contributed by atoms with Crippen LogP contribution in [0.1, 0.15) is 19.3 Å². The molecule has 0 spiro atoms. The third kappa shape index (κ3) is 2.32. The number of carboxylic acid groups (broad SMARTS) is 1. The number of carbonyl (C=O) groups is 1. The molecule has 1 saturated carbocycles. The van der Waals surface area contributed by atoms with Crippen LogP contribution in [0.4, 0.5) is 5.69 Å². The number of benzene rings is 1. The summed E-state index contributed by atoms with van der Waals surface area (Å²) in [6.07, 6.45) is 2.01. The highest BCUT2D eigenvalue weighted by atomic mass is 32.2. The van der Waals surface area contributed by atoms with E-state index < -0.39 is 21.5 Å². The molecule has 2 rings (SSSR count). The first-order valence-corrected chi connectivity index (χ1v) is 7.03. The first-order valence-electron chi connectivity index (χ1n) is 5.48. The smallest absolute Gasteiger partial charge is 0.329 e. The molecular weight excluding hydrogens is 256 g/mol. The maximum Gasteiger partial charge on any atom is 0.329 e.